The first-order chi connectivity index (χ1) is 16.8. The molecule has 0 bridgehead atoms. The first-order valence-electron chi connectivity index (χ1n) is 11.9. The third kappa shape index (κ3) is 5.05. The van der Waals surface area contributed by atoms with E-state index in [0.717, 1.165) is 30.6 Å². The Labute approximate surface area is 206 Å². The van der Waals surface area contributed by atoms with Gasteiger partial charge in [-0.2, -0.15) is 26.3 Å². The lowest BCUT2D eigenvalue weighted by Crippen LogP contribution is -2.51. The van der Waals surface area contributed by atoms with Crippen LogP contribution in [-0.2, 0) is 12.4 Å². The second-order valence-electron chi connectivity index (χ2n) is 9.77. The van der Waals surface area contributed by atoms with Crippen molar-refractivity contribution in [3.63, 3.8) is 0 Å². The van der Waals surface area contributed by atoms with E-state index in [4.69, 9.17) is 0 Å². The van der Waals surface area contributed by atoms with Gasteiger partial charge in [-0.3, -0.25) is 0 Å². The van der Waals surface area contributed by atoms with Gasteiger partial charge in [0.05, 0.1) is 23.2 Å². The predicted molar refractivity (Wildman–Crippen MR) is 123 cm³/mol. The van der Waals surface area contributed by atoms with Crippen molar-refractivity contribution in [2.24, 2.45) is 11.8 Å². The molecule has 4 atom stereocenters. The first-order valence-corrected chi connectivity index (χ1v) is 11.9. The van der Waals surface area contributed by atoms with Crippen molar-refractivity contribution in [1.29, 1.82) is 0 Å². The highest BCUT2D eigenvalue weighted by Crippen LogP contribution is 2.43. The number of nitrogens with zero attached hydrogens (tertiary/aromatic N) is 2. The maximum atomic E-state index is 13.7. The average Bonchev–Trinajstić information content (AvgIpc) is 3.30. The van der Waals surface area contributed by atoms with Crippen molar-refractivity contribution in [3.05, 3.63) is 70.3 Å². The Morgan fingerprint density at radius 3 is 2.22 bits per heavy atom. The van der Waals surface area contributed by atoms with Crippen LogP contribution in [0.1, 0.15) is 53.2 Å². The normalized spacial score (nSPS) is 23.4. The molecule has 36 heavy (non-hydrogen) atoms. The Morgan fingerprint density at radius 1 is 1.03 bits per heavy atom. The van der Waals surface area contributed by atoms with Gasteiger partial charge in [-0.05, 0) is 67.6 Å². The summed E-state index contributed by atoms with van der Waals surface area (Å²) in [5.41, 5.74) is -0.982. The monoisotopic (exact) mass is 513 g/mol. The molecule has 2 amide bonds. The molecule has 0 spiro atoms. The van der Waals surface area contributed by atoms with E-state index >= 15 is 0 Å². The number of halogens is 6. The number of carbonyl (C=O) groups is 1. The van der Waals surface area contributed by atoms with Crippen molar-refractivity contribution in [1.82, 2.24) is 15.1 Å². The quantitative estimate of drug-likeness (QED) is 0.481. The molecule has 0 aromatic heterocycles. The van der Waals surface area contributed by atoms with E-state index in [2.05, 4.69) is 5.32 Å². The highest BCUT2D eigenvalue weighted by molar-refractivity contribution is 5.75. The number of aryl methyl sites for hydroxylation is 1. The zero-order valence-electron chi connectivity index (χ0n) is 20.2. The number of hydrogen-bond acceptors (Lipinski definition) is 2. The summed E-state index contributed by atoms with van der Waals surface area (Å²) in [4.78, 5) is 16.7. The zero-order chi connectivity index (χ0) is 26.4. The highest BCUT2D eigenvalue weighted by atomic mass is 19.4. The van der Waals surface area contributed by atoms with Crippen molar-refractivity contribution in [3.8, 4) is 0 Å². The molecule has 4 nitrogen and oxygen atoms in total. The molecule has 0 saturated carbocycles. The molecule has 196 valence electrons. The van der Waals surface area contributed by atoms with Crippen LogP contribution in [0.15, 0.2) is 42.5 Å². The molecule has 2 aliphatic heterocycles. The lowest BCUT2D eigenvalue weighted by Gasteiger charge is -2.45. The molecule has 10 heteroatoms. The van der Waals surface area contributed by atoms with Crippen LogP contribution in [0.3, 0.4) is 0 Å². The molecule has 2 aromatic carbocycles. The summed E-state index contributed by atoms with van der Waals surface area (Å²) in [6, 6.07) is 7.57. The molecular formula is C26H29F6N3O. The highest BCUT2D eigenvalue weighted by Gasteiger charge is 2.45. The van der Waals surface area contributed by atoms with E-state index in [1.165, 1.54) is 18.9 Å². The molecule has 4 rings (SSSR count). The van der Waals surface area contributed by atoms with Crippen LogP contribution in [0.5, 0.6) is 0 Å². The topological polar surface area (TPSA) is 35.6 Å². The van der Waals surface area contributed by atoms with Gasteiger partial charge >= 0.3 is 18.4 Å². The molecular weight excluding hydrogens is 484 g/mol. The van der Waals surface area contributed by atoms with Gasteiger partial charge in [-0.25, -0.2) is 4.79 Å². The number of hydrogen-bond donors (Lipinski definition) is 1. The van der Waals surface area contributed by atoms with Gasteiger partial charge in [0.25, 0.3) is 0 Å². The van der Waals surface area contributed by atoms with E-state index in [0.29, 0.717) is 24.6 Å². The number of fused-ring (bicyclic) bond motifs is 1. The van der Waals surface area contributed by atoms with Gasteiger partial charge in [0.1, 0.15) is 0 Å². The van der Waals surface area contributed by atoms with Gasteiger partial charge < -0.3 is 15.1 Å². The molecule has 0 radical (unpaired) electrons. The van der Waals surface area contributed by atoms with E-state index in [-0.39, 0.29) is 23.6 Å². The number of nitrogens with one attached hydrogen (secondary N) is 1. The van der Waals surface area contributed by atoms with Crippen LogP contribution in [0.2, 0.25) is 0 Å². The molecule has 2 fully saturated rings. The molecule has 2 heterocycles. The second kappa shape index (κ2) is 9.61. The van der Waals surface area contributed by atoms with Crippen LogP contribution in [0, 0.1) is 18.8 Å². The second-order valence-corrected chi connectivity index (χ2v) is 9.77. The molecule has 2 aliphatic rings. The number of urea groups is 1. The van der Waals surface area contributed by atoms with Crippen molar-refractivity contribution in [2.75, 3.05) is 26.7 Å². The maximum Gasteiger partial charge on any atom is 0.416 e. The van der Waals surface area contributed by atoms with Gasteiger partial charge in [0, 0.05) is 26.1 Å². The Morgan fingerprint density at radius 2 is 1.64 bits per heavy atom. The SMILES string of the molecule is Cc1ccccc1C1C2CNCC2CCN1C(=O)N(C)C(C)c1cc(C(F)(F)F)cc(C(F)(F)F)c1. The molecule has 2 saturated heterocycles. The summed E-state index contributed by atoms with van der Waals surface area (Å²) in [6.07, 6.45) is -9.13. The van der Waals surface area contributed by atoms with Crippen LogP contribution in [0.4, 0.5) is 31.1 Å². The summed E-state index contributed by atoms with van der Waals surface area (Å²) in [7, 11) is 1.43. The Bertz CT molecular complexity index is 1080. The molecule has 2 aromatic rings. The fraction of sp³-hybridized carbons (Fsp3) is 0.500. The van der Waals surface area contributed by atoms with Crippen LogP contribution in [-0.4, -0.2) is 42.5 Å². The van der Waals surface area contributed by atoms with Crippen molar-refractivity contribution < 1.29 is 31.1 Å². The molecule has 1 N–H and O–H groups in total. The number of rotatable bonds is 3. The fourth-order valence-electron chi connectivity index (χ4n) is 5.46. The number of carbonyl (C=O) groups excluding carboxylic acids is 1. The van der Waals surface area contributed by atoms with Gasteiger partial charge in [-0.1, -0.05) is 24.3 Å². The van der Waals surface area contributed by atoms with E-state index < -0.39 is 35.6 Å². The van der Waals surface area contributed by atoms with Gasteiger partial charge in [-0.15, -0.1) is 0 Å². The maximum absolute atomic E-state index is 13.7. The zero-order valence-corrected chi connectivity index (χ0v) is 20.2. The number of alkyl halides is 6. The summed E-state index contributed by atoms with van der Waals surface area (Å²) in [5, 5.41) is 3.40. The lowest BCUT2D eigenvalue weighted by molar-refractivity contribution is -0.143. The number of amides is 2. The fourth-order valence-corrected chi connectivity index (χ4v) is 5.46. The Balaban J connectivity index is 1.68. The Hall–Kier alpha value is -2.75. The van der Waals surface area contributed by atoms with Crippen molar-refractivity contribution in [2.45, 2.75) is 44.7 Å². The predicted octanol–water partition coefficient (Wildman–Crippen LogP) is 6.43. The minimum atomic E-state index is -4.95. The summed E-state index contributed by atoms with van der Waals surface area (Å²) >= 11 is 0. The number of piperidine rings is 1. The van der Waals surface area contributed by atoms with Crippen LogP contribution >= 0.6 is 0 Å². The molecule has 4 unspecified atom stereocenters. The van der Waals surface area contributed by atoms with Gasteiger partial charge in [0.2, 0.25) is 0 Å². The van der Waals surface area contributed by atoms with E-state index in [1.807, 2.05) is 31.2 Å². The standard InChI is InChI=1S/C26H29F6N3O/c1-15-6-4-5-7-21(15)23-22-14-33-13-17(22)8-9-35(23)24(36)34(3)16(2)18-10-19(25(27,28)29)12-20(11-18)26(30,31)32/h4-7,10-12,16-17,22-23,33H,8-9,13-14H2,1-3H3. The minimum absolute atomic E-state index is 0.101. The summed E-state index contributed by atoms with van der Waals surface area (Å²) < 4.78 is 80.3. The van der Waals surface area contributed by atoms with E-state index in [1.54, 1.807) is 4.90 Å². The summed E-state index contributed by atoms with van der Waals surface area (Å²) in [6.45, 7) is 5.45. The van der Waals surface area contributed by atoms with Crippen LogP contribution < -0.4 is 5.32 Å². The number of likely N-dealkylation sites (tertiary alicyclic amines) is 1. The largest absolute Gasteiger partial charge is 0.416 e. The average molecular weight is 514 g/mol. The van der Waals surface area contributed by atoms with Gasteiger partial charge in [0.15, 0.2) is 0 Å². The van der Waals surface area contributed by atoms with Crippen molar-refractivity contribution >= 4 is 6.03 Å². The smallest absolute Gasteiger partial charge is 0.321 e. The third-order valence-electron chi connectivity index (χ3n) is 7.60. The van der Waals surface area contributed by atoms with E-state index in [9.17, 15) is 31.1 Å². The third-order valence-corrected chi connectivity index (χ3v) is 7.60. The molecule has 0 aliphatic carbocycles. The lowest BCUT2D eigenvalue weighted by atomic mass is 9.78. The first kappa shape index (κ1) is 26.3. The summed E-state index contributed by atoms with van der Waals surface area (Å²) in [5.74, 6) is 0.553. The minimum Gasteiger partial charge on any atom is -0.321 e. The number of benzene rings is 2. The van der Waals surface area contributed by atoms with Crippen LogP contribution in [0.25, 0.3) is 0 Å². The Kier molecular flexibility index (Phi) is 7.02.